The second-order valence-electron chi connectivity index (χ2n) is 7.04. The van der Waals surface area contributed by atoms with Gasteiger partial charge in [0.25, 0.3) is 5.91 Å². The fraction of sp³-hybridized carbons (Fsp3) is 0.444. The number of hydrogen-bond donors (Lipinski definition) is 0. The molecular weight excluding hydrogens is 346 g/mol. The van der Waals surface area contributed by atoms with E-state index in [1.54, 1.807) is 27.5 Å². The lowest BCUT2D eigenvalue weighted by atomic mass is 9.99. The number of aromatic nitrogens is 5. The topological polar surface area (TPSA) is 80.8 Å². The molecule has 142 valence electrons. The number of hydrogen-bond acceptors (Lipinski definition) is 6. The first-order valence-electron chi connectivity index (χ1n) is 8.88. The van der Waals surface area contributed by atoms with Gasteiger partial charge in [0.05, 0.1) is 30.5 Å². The molecule has 1 aliphatic rings. The Bertz CT molecular complexity index is 948. The van der Waals surface area contributed by atoms with Crippen molar-refractivity contribution in [1.29, 1.82) is 0 Å². The largest absolute Gasteiger partial charge is 0.373 e. The van der Waals surface area contributed by atoms with Gasteiger partial charge in [-0.25, -0.2) is 9.50 Å². The molecule has 0 N–H and O–H groups in total. The minimum atomic E-state index is -0.200. The van der Waals surface area contributed by atoms with Crippen molar-refractivity contribution in [3.8, 4) is 0 Å². The van der Waals surface area contributed by atoms with Gasteiger partial charge in [0.15, 0.2) is 5.65 Å². The highest BCUT2D eigenvalue weighted by atomic mass is 16.5. The first-order chi connectivity index (χ1) is 13.0. The van der Waals surface area contributed by atoms with Crippen molar-refractivity contribution in [2.45, 2.75) is 12.1 Å². The Hall–Kier alpha value is -2.78. The quantitative estimate of drug-likeness (QED) is 0.670. The molecule has 0 radical (unpaired) electrons. The van der Waals surface area contributed by atoms with Gasteiger partial charge in [-0.05, 0) is 26.2 Å². The van der Waals surface area contributed by atoms with Gasteiger partial charge in [-0.15, -0.1) is 0 Å². The van der Waals surface area contributed by atoms with Crippen molar-refractivity contribution in [1.82, 2.24) is 34.2 Å². The summed E-state index contributed by atoms with van der Waals surface area (Å²) in [7, 11) is 5.88. The molecule has 0 aromatic carbocycles. The molecule has 1 amide bonds. The van der Waals surface area contributed by atoms with Crippen LogP contribution in [0.2, 0.25) is 0 Å². The van der Waals surface area contributed by atoms with E-state index in [4.69, 9.17) is 4.74 Å². The fourth-order valence-corrected chi connectivity index (χ4v) is 3.57. The highest BCUT2D eigenvalue weighted by Crippen LogP contribution is 2.31. The number of carbonyl (C=O) groups excluding carboxylic acids is 1. The molecule has 0 unspecified atom stereocenters. The molecule has 1 fully saturated rings. The molecule has 0 aliphatic carbocycles. The normalized spacial score (nSPS) is 20.5. The van der Waals surface area contributed by atoms with Gasteiger partial charge >= 0.3 is 0 Å². The number of aryl methyl sites for hydroxylation is 1. The number of morpholine rings is 1. The van der Waals surface area contributed by atoms with E-state index in [0.29, 0.717) is 30.9 Å². The van der Waals surface area contributed by atoms with Gasteiger partial charge < -0.3 is 14.5 Å². The first kappa shape index (κ1) is 17.6. The second-order valence-corrected chi connectivity index (χ2v) is 7.04. The maximum absolute atomic E-state index is 13.4. The van der Waals surface area contributed by atoms with Crippen LogP contribution in [0.4, 0.5) is 0 Å². The van der Waals surface area contributed by atoms with Crippen LogP contribution in [0.5, 0.6) is 0 Å². The number of fused-ring (bicyclic) bond motifs is 1. The number of rotatable bonds is 4. The summed E-state index contributed by atoms with van der Waals surface area (Å²) in [5.41, 5.74) is 2.26. The van der Waals surface area contributed by atoms with Crippen LogP contribution < -0.4 is 0 Å². The van der Waals surface area contributed by atoms with Crippen molar-refractivity contribution in [2.75, 3.05) is 33.8 Å². The van der Waals surface area contributed by atoms with Gasteiger partial charge in [0.2, 0.25) is 0 Å². The molecule has 27 heavy (non-hydrogen) atoms. The SMILES string of the molecule is CN(C)C[C@@H]1OCCN(C(=O)c2ccc3ncnn3c2)[C@H]1c1cnn(C)c1. The van der Waals surface area contributed by atoms with E-state index < -0.39 is 0 Å². The number of amides is 1. The van der Waals surface area contributed by atoms with E-state index in [2.05, 4.69) is 20.1 Å². The lowest BCUT2D eigenvalue weighted by Crippen LogP contribution is -2.51. The monoisotopic (exact) mass is 369 g/mol. The van der Waals surface area contributed by atoms with Crippen molar-refractivity contribution >= 4 is 11.6 Å². The molecule has 1 aliphatic heterocycles. The Morgan fingerprint density at radius 2 is 2.15 bits per heavy atom. The summed E-state index contributed by atoms with van der Waals surface area (Å²) in [6.45, 7) is 1.75. The number of ether oxygens (including phenoxy) is 1. The lowest BCUT2D eigenvalue weighted by molar-refractivity contribution is -0.0684. The summed E-state index contributed by atoms with van der Waals surface area (Å²) in [5.74, 6) is -0.0479. The van der Waals surface area contributed by atoms with E-state index in [1.165, 1.54) is 6.33 Å². The summed E-state index contributed by atoms with van der Waals surface area (Å²) in [5, 5.41) is 8.42. The summed E-state index contributed by atoms with van der Waals surface area (Å²) in [6.07, 6.45) is 6.83. The zero-order valence-corrected chi connectivity index (χ0v) is 15.7. The van der Waals surface area contributed by atoms with Crippen molar-refractivity contribution < 1.29 is 9.53 Å². The predicted octanol–water partition coefficient (Wildman–Crippen LogP) is 0.607. The number of carbonyl (C=O) groups is 1. The van der Waals surface area contributed by atoms with Crippen molar-refractivity contribution in [3.63, 3.8) is 0 Å². The molecule has 4 heterocycles. The van der Waals surface area contributed by atoms with Gasteiger partial charge in [-0.2, -0.15) is 10.2 Å². The molecule has 0 bridgehead atoms. The van der Waals surface area contributed by atoms with Crippen LogP contribution in [0, 0.1) is 0 Å². The summed E-state index contributed by atoms with van der Waals surface area (Å²) >= 11 is 0. The smallest absolute Gasteiger partial charge is 0.256 e. The van der Waals surface area contributed by atoms with E-state index in [1.807, 2.05) is 38.4 Å². The maximum atomic E-state index is 13.4. The van der Waals surface area contributed by atoms with Crippen LogP contribution in [0.1, 0.15) is 22.0 Å². The zero-order valence-electron chi connectivity index (χ0n) is 15.7. The second kappa shape index (κ2) is 7.09. The van der Waals surface area contributed by atoms with Crippen LogP contribution in [0.3, 0.4) is 0 Å². The van der Waals surface area contributed by atoms with Crippen LogP contribution in [-0.2, 0) is 11.8 Å². The number of pyridine rings is 1. The van der Waals surface area contributed by atoms with Crippen LogP contribution in [0.25, 0.3) is 5.65 Å². The molecule has 0 spiro atoms. The average molecular weight is 369 g/mol. The molecule has 1 saturated heterocycles. The minimum absolute atomic E-state index is 0.0479. The van der Waals surface area contributed by atoms with Crippen LogP contribution in [0.15, 0.2) is 37.1 Å². The van der Waals surface area contributed by atoms with Gasteiger partial charge in [-0.3, -0.25) is 9.48 Å². The summed E-state index contributed by atoms with van der Waals surface area (Å²) in [6, 6.07) is 3.40. The predicted molar refractivity (Wildman–Crippen MR) is 98.3 cm³/mol. The highest BCUT2D eigenvalue weighted by Gasteiger charge is 2.37. The Balaban J connectivity index is 1.69. The Kier molecular flexibility index (Phi) is 4.63. The third kappa shape index (κ3) is 3.43. The molecule has 3 aromatic rings. The van der Waals surface area contributed by atoms with E-state index in [9.17, 15) is 4.79 Å². The first-order valence-corrected chi connectivity index (χ1v) is 8.88. The Morgan fingerprint density at radius 1 is 1.30 bits per heavy atom. The van der Waals surface area contributed by atoms with E-state index in [-0.39, 0.29) is 18.1 Å². The summed E-state index contributed by atoms with van der Waals surface area (Å²) in [4.78, 5) is 21.4. The molecular formula is C18H23N7O2. The molecule has 3 aromatic heterocycles. The van der Waals surface area contributed by atoms with Crippen LogP contribution in [-0.4, -0.2) is 80.0 Å². The standard InChI is InChI=1S/C18H23N7O2/c1-22(2)11-15-17(14-8-20-23(3)9-14)24(6-7-27-15)18(26)13-4-5-16-19-12-21-25(16)10-13/h4-5,8-10,12,15,17H,6-7,11H2,1-3H3/t15-,17-/m0/s1. The minimum Gasteiger partial charge on any atom is -0.373 e. The number of nitrogens with zero attached hydrogens (tertiary/aromatic N) is 7. The fourth-order valence-electron chi connectivity index (χ4n) is 3.57. The number of likely N-dealkylation sites (N-methyl/N-ethyl adjacent to an activating group) is 1. The van der Waals surface area contributed by atoms with Gasteiger partial charge in [-0.1, -0.05) is 0 Å². The molecule has 2 atom stereocenters. The van der Waals surface area contributed by atoms with E-state index >= 15 is 0 Å². The zero-order chi connectivity index (χ0) is 19.0. The van der Waals surface area contributed by atoms with Gasteiger partial charge in [0, 0.05) is 38.1 Å². The maximum Gasteiger partial charge on any atom is 0.256 e. The third-order valence-electron chi connectivity index (χ3n) is 4.75. The van der Waals surface area contributed by atoms with Gasteiger partial charge in [0.1, 0.15) is 6.33 Å². The molecule has 0 saturated carbocycles. The van der Waals surface area contributed by atoms with Crippen molar-refractivity contribution in [2.24, 2.45) is 7.05 Å². The lowest BCUT2D eigenvalue weighted by Gasteiger charge is -2.41. The molecule has 4 rings (SSSR count). The molecule has 9 heteroatoms. The van der Waals surface area contributed by atoms with Crippen molar-refractivity contribution in [3.05, 3.63) is 48.2 Å². The van der Waals surface area contributed by atoms with Crippen LogP contribution >= 0.6 is 0 Å². The van der Waals surface area contributed by atoms with E-state index in [0.717, 1.165) is 5.56 Å². The Labute approximate surface area is 157 Å². The summed E-state index contributed by atoms with van der Waals surface area (Å²) < 4.78 is 9.40. The average Bonchev–Trinajstić information content (AvgIpc) is 3.28. The Morgan fingerprint density at radius 3 is 2.89 bits per heavy atom. The third-order valence-corrected chi connectivity index (χ3v) is 4.75. The molecule has 9 nitrogen and oxygen atoms in total. The highest BCUT2D eigenvalue weighted by molar-refractivity contribution is 5.94.